The van der Waals surface area contributed by atoms with Crippen LogP contribution >= 0.6 is 11.6 Å². The molecule has 43 heavy (non-hydrogen) atoms. The molecule has 8 bridgehead atoms. The number of hydrogen-bond donors (Lipinski definition) is 1. The minimum Gasteiger partial charge on any atom is -0.494 e. The Balaban J connectivity index is 1.46. The second-order valence-electron chi connectivity index (χ2n) is 10.4. The van der Waals surface area contributed by atoms with Crippen LogP contribution in [0.25, 0.3) is 22.2 Å². The normalized spacial score (nSPS) is 16.5. The number of morpholine rings is 1. The maximum absolute atomic E-state index is 15.5. The largest absolute Gasteiger partial charge is 0.494 e. The van der Waals surface area contributed by atoms with Gasteiger partial charge >= 0.3 is 0 Å². The number of anilines is 3. The Morgan fingerprint density at radius 2 is 1.79 bits per heavy atom. The molecular formula is C30H33ClFN5O5S. The molecule has 1 fully saturated rings. The third kappa shape index (κ3) is 6.22. The smallest absolute Gasteiger partial charge is 0.238 e. The van der Waals surface area contributed by atoms with E-state index in [9.17, 15) is 8.42 Å². The third-order valence-corrected chi connectivity index (χ3v) is 9.53. The molecule has 0 radical (unpaired) electrons. The van der Waals surface area contributed by atoms with Crippen molar-refractivity contribution in [1.29, 1.82) is 0 Å². The zero-order chi connectivity index (χ0) is 30.0. The van der Waals surface area contributed by atoms with Crippen molar-refractivity contribution < 1.29 is 27.0 Å². The lowest BCUT2D eigenvalue weighted by Gasteiger charge is -2.30. The fraction of sp³-hybridized carbons (Fsp3) is 0.400. The molecular weight excluding hydrogens is 597 g/mol. The second kappa shape index (κ2) is 12.6. The van der Waals surface area contributed by atoms with Crippen molar-refractivity contribution in [3.63, 3.8) is 0 Å². The van der Waals surface area contributed by atoms with E-state index in [-0.39, 0.29) is 22.4 Å². The highest BCUT2D eigenvalue weighted by Crippen LogP contribution is 2.38. The summed E-state index contributed by atoms with van der Waals surface area (Å²) in [5.74, 6) is 0.630. The first-order valence-electron chi connectivity index (χ1n) is 14.4. The highest BCUT2D eigenvalue weighted by Gasteiger charge is 2.23. The van der Waals surface area contributed by atoms with Gasteiger partial charge in [-0.3, -0.25) is 0 Å². The fourth-order valence-corrected chi connectivity index (χ4v) is 6.49. The molecule has 0 amide bonds. The third-order valence-electron chi connectivity index (χ3n) is 7.62. The van der Waals surface area contributed by atoms with Gasteiger partial charge in [-0.25, -0.2) is 26.7 Å². The fourth-order valence-electron chi connectivity index (χ4n) is 5.30. The molecule has 4 aromatic rings. The van der Waals surface area contributed by atoms with Gasteiger partial charge in [0.05, 0.1) is 66.0 Å². The van der Waals surface area contributed by atoms with Crippen LogP contribution in [0.2, 0.25) is 5.02 Å². The maximum atomic E-state index is 15.5. The number of rotatable bonds is 3. The molecule has 13 heteroatoms. The van der Waals surface area contributed by atoms with E-state index >= 15 is 4.39 Å². The zero-order valence-electron chi connectivity index (χ0n) is 23.8. The monoisotopic (exact) mass is 629 g/mol. The van der Waals surface area contributed by atoms with Crippen molar-refractivity contribution >= 4 is 49.9 Å². The molecule has 5 heterocycles. The van der Waals surface area contributed by atoms with Gasteiger partial charge in [0.1, 0.15) is 17.3 Å². The van der Waals surface area contributed by atoms with Gasteiger partial charge in [-0.1, -0.05) is 11.6 Å². The Kier molecular flexibility index (Phi) is 8.60. The number of halogens is 2. The average Bonchev–Trinajstić information content (AvgIpc) is 3.40. The molecule has 2 aromatic carbocycles. The lowest BCUT2D eigenvalue weighted by Crippen LogP contribution is -2.36. The van der Waals surface area contributed by atoms with Gasteiger partial charge in [-0.2, -0.15) is 0 Å². The number of benzene rings is 2. The predicted octanol–water partition coefficient (Wildman–Crippen LogP) is 6.00. The van der Waals surface area contributed by atoms with Gasteiger partial charge in [0.2, 0.25) is 16.0 Å². The quantitative estimate of drug-likeness (QED) is 0.292. The number of aromatic nitrogens is 3. The predicted molar refractivity (Wildman–Crippen MR) is 165 cm³/mol. The summed E-state index contributed by atoms with van der Waals surface area (Å²) in [5, 5.41) is 3.82. The summed E-state index contributed by atoms with van der Waals surface area (Å²) in [6, 6.07) is 8.43. The molecule has 0 atom stereocenters. The van der Waals surface area contributed by atoms with Crippen LogP contribution < -0.4 is 19.7 Å². The summed E-state index contributed by atoms with van der Waals surface area (Å²) in [6.45, 7) is 4.94. The van der Waals surface area contributed by atoms with Gasteiger partial charge in [-0.05, 0) is 44.7 Å². The summed E-state index contributed by atoms with van der Waals surface area (Å²) in [6.07, 6.45) is 6.45. The topological polar surface area (TPSA) is 108 Å². The van der Waals surface area contributed by atoms with E-state index in [1.807, 2.05) is 6.07 Å². The highest BCUT2D eigenvalue weighted by molar-refractivity contribution is 7.90. The van der Waals surface area contributed by atoms with Crippen molar-refractivity contribution in [2.75, 3.05) is 55.5 Å². The Morgan fingerprint density at radius 3 is 2.56 bits per heavy atom. The van der Waals surface area contributed by atoms with Gasteiger partial charge < -0.3 is 24.4 Å². The molecule has 1 saturated heterocycles. The molecule has 7 rings (SSSR count). The molecule has 2 aromatic heterocycles. The van der Waals surface area contributed by atoms with Crippen LogP contribution in [0.1, 0.15) is 32.6 Å². The zero-order valence-corrected chi connectivity index (χ0v) is 25.4. The first-order chi connectivity index (χ1) is 20.8. The summed E-state index contributed by atoms with van der Waals surface area (Å²) < 4.78 is 60.7. The van der Waals surface area contributed by atoms with Crippen molar-refractivity contribution in [2.24, 2.45) is 0 Å². The first kappa shape index (κ1) is 29.5. The average molecular weight is 630 g/mol. The molecule has 3 aliphatic heterocycles. The summed E-state index contributed by atoms with van der Waals surface area (Å²) in [5.41, 5.74) is 2.07. The molecule has 0 saturated carbocycles. The van der Waals surface area contributed by atoms with Crippen molar-refractivity contribution in [3.05, 3.63) is 53.6 Å². The van der Waals surface area contributed by atoms with Gasteiger partial charge in [0.15, 0.2) is 0 Å². The van der Waals surface area contributed by atoms with E-state index in [0.29, 0.717) is 78.9 Å². The number of hydrogen-bond acceptors (Lipinski definition) is 9. The van der Waals surface area contributed by atoms with Crippen molar-refractivity contribution in [3.8, 4) is 22.8 Å². The van der Waals surface area contributed by atoms with E-state index in [0.717, 1.165) is 25.7 Å². The molecule has 1 N–H and O–H groups in total. The van der Waals surface area contributed by atoms with Crippen LogP contribution in [-0.4, -0.2) is 67.6 Å². The van der Waals surface area contributed by atoms with Crippen molar-refractivity contribution in [1.82, 2.24) is 13.9 Å². The number of fused-ring (bicyclic) bond motifs is 8. The van der Waals surface area contributed by atoms with Crippen LogP contribution in [0.15, 0.2) is 42.7 Å². The van der Waals surface area contributed by atoms with Crippen molar-refractivity contribution in [2.45, 2.75) is 32.6 Å². The first-order valence-corrected chi connectivity index (χ1v) is 16.4. The van der Waals surface area contributed by atoms with Gasteiger partial charge in [0.25, 0.3) is 0 Å². The molecule has 3 aliphatic rings. The lowest BCUT2D eigenvalue weighted by molar-refractivity contribution is 0.122. The Hall–Kier alpha value is -3.61. The van der Waals surface area contributed by atoms with E-state index in [1.165, 1.54) is 22.4 Å². The van der Waals surface area contributed by atoms with E-state index < -0.39 is 15.8 Å². The van der Waals surface area contributed by atoms with E-state index in [2.05, 4.69) is 20.2 Å². The molecule has 228 valence electrons. The Morgan fingerprint density at radius 1 is 1.02 bits per heavy atom. The molecule has 0 aliphatic carbocycles. The SMILES string of the molecule is CCS(=O)(=O)n1cc2c3ccc(cc31)OCCCCCCOc1cc(c(F)cc1N1CCOCC1)Nc1ncc(Cl)c-2n1. The number of nitrogens with one attached hydrogen (secondary N) is 1. The van der Waals surface area contributed by atoms with Crippen LogP contribution in [0.4, 0.5) is 21.7 Å². The molecule has 0 spiro atoms. The number of nitrogens with zero attached hydrogens (tertiary/aromatic N) is 4. The standard InChI is InChI=1S/C30H33ClFN5O5S/c1-2-43(38,39)37-19-22-21-8-7-20(15-26(21)37)41-11-5-3-4-6-12-42-28-17-25(34-30-33-18-23(31)29(22)35-30)24(32)16-27(28)36-9-13-40-14-10-36/h7-8,15-19H,2-6,9-14H2,1H3,(H,33,34,35). The summed E-state index contributed by atoms with van der Waals surface area (Å²) in [4.78, 5) is 10.9. The van der Waals surface area contributed by atoms with Crippen LogP contribution in [0, 0.1) is 5.82 Å². The minimum atomic E-state index is -3.67. The lowest BCUT2D eigenvalue weighted by atomic mass is 10.1. The summed E-state index contributed by atoms with van der Waals surface area (Å²) in [7, 11) is -3.67. The minimum absolute atomic E-state index is 0.0944. The molecule has 0 unspecified atom stereocenters. The highest BCUT2D eigenvalue weighted by atomic mass is 35.5. The molecule has 10 nitrogen and oxygen atoms in total. The maximum Gasteiger partial charge on any atom is 0.238 e. The Bertz CT molecular complexity index is 1740. The van der Waals surface area contributed by atoms with Crippen LogP contribution in [0.3, 0.4) is 0 Å². The number of ether oxygens (including phenoxy) is 3. The Labute approximate surface area is 254 Å². The van der Waals surface area contributed by atoms with Gasteiger partial charge in [0, 0.05) is 48.4 Å². The second-order valence-corrected chi connectivity index (χ2v) is 13.0. The van der Waals surface area contributed by atoms with Gasteiger partial charge in [-0.15, -0.1) is 0 Å². The van der Waals surface area contributed by atoms with Crippen LogP contribution in [0.5, 0.6) is 11.5 Å². The summed E-state index contributed by atoms with van der Waals surface area (Å²) >= 11 is 6.57. The van der Waals surface area contributed by atoms with Crippen LogP contribution in [-0.2, 0) is 14.8 Å². The van der Waals surface area contributed by atoms with E-state index in [4.69, 9.17) is 25.8 Å². The van der Waals surface area contributed by atoms with E-state index in [1.54, 1.807) is 25.1 Å².